The molecule has 0 bridgehead atoms. The van der Waals surface area contributed by atoms with Crippen molar-refractivity contribution >= 4 is 50.2 Å². The first-order valence-corrected chi connectivity index (χ1v) is 11.9. The number of aryl methyl sites for hydroxylation is 1. The number of nitrogens with one attached hydrogen (secondary N) is 1. The summed E-state index contributed by atoms with van der Waals surface area (Å²) in [5, 5.41) is 8.28. The molecule has 3 N–H and O–H groups in total. The zero-order valence-electron chi connectivity index (χ0n) is 15.8. The third-order valence-corrected chi connectivity index (χ3v) is 7.00. The largest absolute Gasteiger partial charge is 0.379 e. The highest BCUT2D eigenvalue weighted by atomic mass is 35.5. The second-order valence-electron chi connectivity index (χ2n) is 6.97. The van der Waals surface area contributed by atoms with Gasteiger partial charge in [0.05, 0.1) is 15.9 Å². The van der Waals surface area contributed by atoms with Crippen LogP contribution in [0.5, 0.6) is 0 Å². The summed E-state index contributed by atoms with van der Waals surface area (Å²) in [6, 6.07) is 6.63. The van der Waals surface area contributed by atoms with Crippen LogP contribution in [0.25, 0.3) is 10.2 Å². The molecule has 6 heteroatoms. The van der Waals surface area contributed by atoms with Gasteiger partial charge in [0.2, 0.25) is 0 Å². The number of hydrogen-bond acceptors (Lipinski definition) is 5. The van der Waals surface area contributed by atoms with Crippen LogP contribution in [0.15, 0.2) is 29.0 Å². The lowest BCUT2D eigenvalue weighted by Crippen LogP contribution is -2.17. The predicted octanol–water partition coefficient (Wildman–Crippen LogP) is 6.85. The molecule has 1 fully saturated rings. The summed E-state index contributed by atoms with van der Waals surface area (Å²) in [7, 11) is 0. The van der Waals surface area contributed by atoms with Crippen molar-refractivity contribution in [3.8, 4) is 0 Å². The lowest BCUT2D eigenvalue weighted by molar-refractivity contribution is 0.583. The van der Waals surface area contributed by atoms with Gasteiger partial charge in [-0.25, -0.2) is 4.98 Å². The first-order chi connectivity index (χ1) is 13.2. The number of anilines is 1. The van der Waals surface area contributed by atoms with Crippen LogP contribution in [0.3, 0.4) is 0 Å². The van der Waals surface area contributed by atoms with Crippen molar-refractivity contribution in [3.05, 3.63) is 44.6 Å². The summed E-state index contributed by atoms with van der Waals surface area (Å²) >= 11 is 9.61. The average molecular weight is 422 g/mol. The number of nitrogens with zero attached hydrogens (tertiary/aromatic N) is 1. The van der Waals surface area contributed by atoms with E-state index in [9.17, 15) is 0 Å². The number of aromatic nitrogens is 1. The molecule has 0 amide bonds. The summed E-state index contributed by atoms with van der Waals surface area (Å²) in [6.07, 6.45) is 9.06. The number of pyridine rings is 1. The molecule has 0 radical (unpaired) electrons. The summed E-state index contributed by atoms with van der Waals surface area (Å²) in [4.78, 5) is 5.76. The maximum absolute atomic E-state index is 6.13. The van der Waals surface area contributed by atoms with Crippen LogP contribution in [0, 0.1) is 0 Å². The van der Waals surface area contributed by atoms with Crippen molar-refractivity contribution in [2.75, 3.05) is 5.32 Å². The van der Waals surface area contributed by atoms with Crippen molar-refractivity contribution < 1.29 is 0 Å². The summed E-state index contributed by atoms with van der Waals surface area (Å²) in [6.45, 7) is 2.97. The molecule has 27 heavy (non-hydrogen) atoms. The molecule has 3 aromatic rings. The van der Waals surface area contributed by atoms with Crippen molar-refractivity contribution in [2.45, 2.75) is 64.5 Å². The molecule has 0 aliphatic heterocycles. The van der Waals surface area contributed by atoms with E-state index in [1.807, 2.05) is 6.07 Å². The van der Waals surface area contributed by atoms with E-state index >= 15 is 0 Å². The Balaban J connectivity index is 0.000000221. The zero-order chi connectivity index (χ0) is 19.1. The van der Waals surface area contributed by atoms with E-state index in [2.05, 4.69) is 40.1 Å². The SMILES string of the molecule is CCc1csc2c(NCc3cccs3)cc(Cl)nc12.NC1CCCCCC1. The van der Waals surface area contributed by atoms with Gasteiger partial charge in [-0.3, -0.25) is 0 Å². The number of fused-ring (bicyclic) bond motifs is 1. The van der Waals surface area contributed by atoms with Gasteiger partial charge in [0.1, 0.15) is 5.15 Å². The molecular formula is C21H28ClN3S2. The highest BCUT2D eigenvalue weighted by Crippen LogP contribution is 2.33. The van der Waals surface area contributed by atoms with Crippen molar-refractivity contribution in [2.24, 2.45) is 5.73 Å². The maximum atomic E-state index is 6.13. The first kappa shape index (κ1) is 20.6. The first-order valence-electron chi connectivity index (χ1n) is 9.75. The zero-order valence-corrected chi connectivity index (χ0v) is 18.2. The van der Waals surface area contributed by atoms with Gasteiger partial charge in [0.15, 0.2) is 0 Å². The minimum absolute atomic E-state index is 0.525. The third kappa shape index (κ3) is 5.92. The van der Waals surface area contributed by atoms with Gasteiger partial charge in [-0.05, 0) is 41.7 Å². The molecule has 1 saturated carbocycles. The Morgan fingerprint density at radius 2 is 2.00 bits per heavy atom. The fraction of sp³-hybridized carbons (Fsp3) is 0.476. The number of thiophene rings is 2. The second-order valence-corrected chi connectivity index (χ2v) is 9.27. The van der Waals surface area contributed by atoms with E-state index in [-0.39, 0.29) is 0 Å². The smallest absolute Gasteiger partial charge is 0.131 e. The Morgan fingerprint density at radius 1 is 1.22 bits per heavy atom. The average Bonchev–Trinajstić information content (AvgIpc) is 3.26. The van der Waals surface area contributed by atoms with E-state index in [1.165, 1.54) is 53.7 Å². The van der Waals surface area contributed by atoms with Crippen LogP contribution < -0.4 is 11.1 Å². The van der Waals surface area contributed by atoms with E-state index in [0.717, 1.165) is 24.2 Å². The molecule has 1 aliphatic rings. The van der Waals surface area contributed by atoms with Gasteiger partial charge in [-0.2, -0.15) is 0 Å². The van der Waals surface area contributed by atoms with Gasteiger partial charge < -0.3 is 11.1 Å². The van der Waals surface area contributed by atoms with Crippen LogP contribution in [-0.4, -0.2) is 11.0 Å². The van der Waals surface area contributed by atoms with Crippen molar-refractivity contribution in [1.82, 2.24) is 4.98 Å². The fourth-order valence-electron chi connectivity index (χ4n) is 3.31. The number of rotatable bonds is 4. The van der Waals surface area contributed by atoms with Gasteiger partial charge in [0, 0.05) is 23.5 Å². The fourth-order valence-corrected chi connectivity index (χ4v) is 5.24. The van der Waals surface area contributed by atoms with Crippen LogP contribution >= 0.6 is 34.3 Å². The van der Waals surface area contributed by atoms with Gasteiger partial charge >= 0.3 is 0 Å². The Morgan fingerprint density at radius 3 is 2.67 bits per heavy atom. The molecule has 0 atom stereocenters. The van der Waals surface area contributed by atoms with Crippen LogP contribution in [0.1, 0.15) is 55.9 Å². The van der Waals surface area contributed by atoms with E-state index in [1.54, 1.807) is 22.7 Å². The highest BCUT2D eigenvalue weighted by molar-refractivity contribution is 7.18. The normalized spacial score (nSPS) is 15.2. The molecule has 146 valence electrons. The summed E-state index contributed by atoms with van der Waals surface area (Å²) < 4.78 is 1.19. The Kier molecular flexibility index (Phi) is 7.94. The lowest BCUT2D eigenvalue weighted by Gasteiger charge is -2.07. The molecule has 0 spiro atoms. The molecule has 0 unspecified atom stereocenters. The number of nitrogens with two attached hydrogens (primary N) is 1. The maximum Gasteiger partial charge on any atom is 0.131 e. The lowest BCUT2D eigenvalue weighted by atomic mass is 10.1. The van der Waals surface area contributed by atoms with Gasteiger partial charge in [-0.1, -0.05) is 50.3 Å². The monoisotopic (exact) mass is 421 g/mol. The Labute approximate surface area is 175 Å². The molecule has 4 rings (SSSR count). The van der Waals surface area contributed by atoms with Crippen LogP contribution in [-0.2, 0) is 13.0 Å². The summed E-state index contributed by atoms with van der Waals surface area (Å²) in [5.41, 5.74) is 9.11. The van der Waals surface area contributed by atoms with E-state index < -0.39 is 0 Å². The minimum atomic E-state index is 0.525. The molecule has 3 nitrogen and oxygen atoms in total. The van der Waals surface area contributed by atoms with E-state index in [0.29, 0.717) is 11.2 Å². The molecular weight excluding hydrogens is 394 g/mol. The summed E-state index contributed by atoms with van der Waals surface area (Å²) in [5.74, 6) is 0. The molecule has 1 aliphatic carbocycles. The number of hydrogen-bond donors (Lipinski definition) is 2. The molecule has 3 heterocycles. The van der Waals surface area contributed by atoms with Crippen molar-refractivity contribution in [3.63, 3.8) is 0 Å². The van der Waals surface area contributed by atoms with Crippen LogP contribution in [0.2, 0.25) is 5.15 Å². The number of halogens is 1. The quantitative estimate of drug-likeness (QED) is 0.357. The minimum Gasteiger partial charge on any atom is -0.379 e. The van der Waals surface area contributed by atoms with Crippen molar-refractivity contribution in [1.29, 1.82) is 0 Å². The van der Waals surface area contributed by atoms with Crippen LogP contribution in [0.4, 0.5) is 5.69 Å². The Hall–Kier alpha value is -1.14. The Bertz CT molecular complexity index is 821. The standard InChI is InChI=1S/C14H13ClN2S2.C7H15N/c1-2-9-8-19-14-11(6-12(15)17-13(9)14)16-7-10-4-3-5-18-10;8-7-5-3-1-2-4-6-7/h3-6,8H,2,7H2,1H3,(H,16,17);7H,1-6,8H2. The highest BCUT2D eigenvalue weighted by Gasteiger charge is 2.10. The molecule has 0 aromatic carbocycles. The van der Waals surface area contributed by atoms with Gasteiger partial charge in [0.25, 0.3) is 0 Å². The predicted molar refractivity (Wildman–Crippen MR) is 121 cm³/mol. The van der Waals surface area contributed by atoms with E-state index in [4.69, 9.17) is 17.3 Å². The second kappa shape index (κ2) is 10.4. The third-order valence-electron chi connectivity index (χ3n) is 4.88. The topological polar surface area (TPSA) is 50.9 Å². The van der Waals surface area contributed by atoms with Gasteiger partial charge in [-0.15, -0.1) is 22.7 Å². The molecule has 0 saturated heterocycles. The molecule has 3 aromatic heterocycles.